The minimum absolute atomic E-state index is 0.125. The zero-order chi connectivity index (χ0) is 16.9. The van der Waals surface area contributed by atoms with Crippen LogP contribution in [0.2, 0.25) is 0 Å². The summed E-state index contributed by atoms with van der Waals surface area (Å²) in [6.07, 6.45) is 1.78. The average Bonchev–Trinajstić information content (AvgIpc) is 2.67. The van der Waals surface area contributed by atoms with E-state index in [1.807, 2.05) is 54.6 Å². The summed E-state index contributed by atoms with van der Waals surface area (Å²) in [4.78, 5) is 34.1. The SMILES string of the molecule is O=Cc1ccc(-c2ccccc2-c2ccccc2)c(C=O)c1C=O. The number of carbonyl (C=O) groups is 3. The molecule has 24 heavy (non-hydrogen) atoms. The van der Waals surface area contributed by atoms with Crippen molar-refractivity contribution in [3.63, 3.8) is 0 Å². The highest BCUT2D eigenvalue weighted by Gasteiger charge is 2.16. The molecule has 3 rings (SSSR count). The van der Waals surface area contributed by atoms with Gasteiger partial charge >= 0.3 is 0 Å². The standard InChI is InChI=1S/C21H14O3/c22-12-16-10-11-19(21(14-24)20(16)13-23)18-9-5-4-8-17(18)15-6-2-1-3-7-15/h1-14H. The zero-order valence-corrected chi connectivity index (χ0v) is 12.8. The predicted octanol–water partition coefficient (Wildman–Crippen LogP) is 4.46. The first-order valence-corrected chi connectivity index (χ1v) is 7.47. The van der Waals surface area contributed by atoms with Crippen molar-refractivity contribution in [1.82, 2.24) is 0 Å². The molecule has 116 valence electrons. The Balaban J connectivity index is 2.30. The highest BCUT2D eigenvalue weighted by atomic mass is 16.1. The fraction of sp³-hybridized carbons (Fsp3) is 0. The normalized spacial score (nSPS) is 10.2. The van der Waals surface area contributed by atoms with Gasteiger partial charge < -0.3 is 0 Å². The van der Waals surface area contributed by atoms with Gasteiger partial charge in [0.05, 0.1) is 0 Å². The van der Waals surface area contributed by atoms with E-state index in [1.54, 1.807) is 12.1 Å². The molecule has 0 unspecified atom stereocenters. The second-order valence-electron chi connectivity index (χ2n) is 5.29. The van der Waals surface area contributed by atoms with Crippen LogP contribution in [0.3, 0.4) is 0 Å². The Morgan fingerprint density at radius 1 is 0.500 bits per heavy atom. The van der Waals surface area contributed by atoms with Crippen LogP contribution < -0.4 is 0 Å². The van der Waals surface area contributed by atoms with E-state index >= 15 is 0 Å². The van der Waals surface area contributed by atoms with Gasteiger partial charge in [-0.25, -0.2) is 0 Å². The number of rotatable bonds is 5. The van der Waals surface area contributed by atoms with Gasteiger partial charge in [0.2, 0.25) is 0 Å². The molecule has 0 atom stereocenters. The van der Waals surface area contributed by atoms with Crippen molar-refractivity contribution in [3.05, 3.63) is 83.4 Å². The first-order chi connectivity index (χ1) is 11.8. The lowest BCUT2D eigenvalue weighted by atomic mass is 9.89. The summed E-state index contributed by atoms with van der Waals surface area (Å²) in [6, 6.07) is 20.7. The number of benzene rings is 3. The zero-order valence-electron chi connectivity index (χ0n) is 12.8. The van der Waals surface area contributed by atoms with Crippen LogP contribution in [0.4, 0.5) is 0 Å². The monoisotopic (exact) mass is 314 g/mol. The summed E-state index contributed by atoms with van der Waals surface area (Å²) >= 11 is 0. The van der Waals surface area contributed by atoms with Crippen LogP contribution in [0.25, 0.3) is 22.3 Å². The molecular formula is C21H14O3. The van der Waals surface area contributed by atoms with Gasteiger partial charge in [0, 0.05) is 16.7 Å². The van der Waals surface area contributed by atoms with Gasteiger partial charge in [0.1, 0.15) is 0 Å². The maximum atomic E-state index is 11.6. The smallest absolute Gasteiger partial charge is 0.151 e. The number of carbonyl (C=O) groups excluding carboxylic acids is 3. The second kappa shape index (κ2) is 6.84. The number of hydrogen-bond acceptors (Lipinski definition) is 3. The average molecular weight is 314 g/mol. The molecule has 0 spiro atoms. The van der Waals surface area contributed by atoms with Gasteiger partial charge in [0.25, 0.3) is 0 Å². The van der Waals surface area contributed by atoms with E-state index in [-0.39, 0.29) is 16.7 Å². The number of aldehydes is 3. The molecule has 3 aromatic rings. The van der Waals surface area contributed by atoms with Crippen molar-refractivity contribution in [1.29, 1.82) is 0 Å². The van der Waals surface area contributed by atoms with Crippen molar-refractivity contribution in [2.24, 2.45) is 0 Å². The van der Waals surface area contributed by atoms with E-state index < -0.39 is 0 Å². The molecule has 0 aliphatic heterocycles. The maximum Gasteiger partial charge on any atom is 0.151 e. The Morgan fingerprint density at radius 3 is 1.75 bits per heavy atom. The molecular weight excluding hydrogens is 300 g/mol. The van der Waals surface area contributed by atoms with E-state index in [4.69, 9.17) is 0 Å². The molecule has 3 nitrogen and oxygen atoms in total. The second-order valence-corrected chi connectivity index (χ2v) is 5.29. The fourth-order valence-corrected chi connectivity index (χ4v) is 2.84. The Bertz CT molecular complexity index is 912. The van der Waals surface area contributed by atoms with Crippen molar-refractivity contribution in [2.45, 2.75) is 0 Å². The molecule has 0 N–H and O–H groups in total. The van der Waals surface area contributed by atoms with Gasteiger partial charge in [0.15, 0.2) is 18.9 Å². The van der Waals surface area contributed by atoms with Gasteiger partial charge in [-0.2, -0.15) is 0 Å². The van der Waals surface area contributed by atoms with Crippen molar-refractivity contribution in [2.75, 3.05) is 0 Å². The minimum atomic E-state index is 0.125. The van der Waals surface area contributed by atoms with E-state index in [9.17, 15) is 14.4 Å². The Kier molecular flexibility index (Phi) is 4.43. The lowest BCUT2D eigenvalue weighted by Crippen LogP contribution is -2.01. The lowest BCUT2D eigenvalue weighted by molar-refractivity contribution is 0.108. The van der Waals surface area contributed by atoms with Crippen molar-refractivity contribution >= 4 is 18.9 Å². The fourth-order valence-electron chi connectivity index (χ4n) is 2.84. The minimum Gasteiger partial charge on any atom is -0.298 e. The lowest BCUT2D eigenvalue weighted by Gasteiger charge is -2.14. The van der Waals surface area contributed by atoms with Crippen LogP contribution in [0, 0.1) is 0 Å². The van der Waals surface area contributed by atoms with E-state index in [1.165, 1.54) is 0 Å². The molecule has 0 aromatic heterocycles. The van der Waals surface area contributed by atoms with Crippen molar-refractivity contribution < 1.29 is 14.4 Å². The van der Waals surface area contributed by atoms with Crippen LogP contribution >= 0.6 is 0 Å². The molecule has 0 fully saturated rings. The van der Waals surface area contributed by atoms with Crippen LogP contribution in [-0.2, 0) is 0 Å². The molecule has 3 heteroatoms. The topological polar surface area (TPSA) is 51.2 Å². The summed E-state index contributed by atoms with van der Waals surface area (Å²) in [7, 11) is 0. The molecule has 0 aliphatic rings. The molecule has 0 radical (unpaired) electrons. The van der Waals surface area contributed by atoms with Gasteiger partial charge in [-0.3, -0.25) is 14.4 Å². The summed E-state index contributed by atoms with van der Waals surface area (Å²) < 4.78 is 0. The molecule has 0 saturated carbocycles. The molecule has 0 bridgehead atoms. The summed E-state index contributed by atoms with van der Waals surface area (Å²) in [5, 5.41) is 0. The molecule has 3 aromatic carbocycles. The molecule has 0 heterocycles. The summed E-state index contributed by atoms with van der Waals surface area (Å²) in [5.41, 5.74) is 4.02. The van der Waals surface area contributed by atoms with Gasteiger partial charge in [-0.05, 0) is 22.3 Å². The molecule has 0 aliphatic carbocycles. The Hall–Kier alpha value is -3.33. The van der Waals surface area contributed by atoms with Crippen LogP contribution in [0.1, 0.15) is 31.1 Å². The highest BCUT2D eigenvalue weighted by molar-refractivity contribution is 6.04. The third-order valence-corrected chi connectivity index (χ3v) is 3.99. The first-order valence-electron chi connectivity index (χ1n) is 7.47. The van der Waals surface area contributed by atoms with E-state index in [0.29, 0.717) is 24.4 Å². The quantitative estimate of drug-likeness (QED) is 0.653. The molecule has 0 amide bonds. The van der Waals surface area contributed by atoms with E-state index in [2.05, 4.69) is 0 Å². The van der Waals surface area contributed by atoms with Gasteiger partial charge in [-0.1, -0.05) is 66.7 Å². The van der Waals surface area contributed by atoms with Crippen LogP contribution in [0.5, 0.6) is 0 Å². The van der Waals surface area contributed by atoms with Gasteiger partial charge in [-0.15, -0.1) is 0 Å². The van der Waals surface area contributed by atoms with Crippen LogP contribution in [-0.4, -0.2) is 18.9 Å². The Morgan fingerprint density at radius 2 is 1.12 bits per heavy atom. The highest BCUT2D eigenvalue weighted by Crippen LogP contribution is 2.34. The first kappa shape index (κ1) is 15.6. The Labute approximate surface area is 139 Å². The third-order valence-electron chi connectivity index (χ3n) is 3.99. The summed E-state index contributed by atoms with van der Waals surface area (Å²) in [6.45, 7) is 0. The molecule has 0 saturated heterocycles. The van der Waals surface area contributed by atoms with Crippen molar-refractivity contribution in [3.8, 4) is 22.3 Å². The summed E-state index contributed by atoms with van der Waals surface area (Å²) in [5.74, 6) is 0. The van der Waals surface area contributed by atoms with Crippen LogP contribution in [0.15, 0.2) is 66.7 Å². The largest absolute Gasteiger partial charge is 0.298 e. The maximum absolute atomic E-state index is 11.6. The van der Waals surface area contributed by atoms with E-state index in [0.717, 1.165) is 16.7 Å². The number of hydrogen-bond donors (Lipinski definition) is 0. The predicted molar refractivity (Wildman–Crippen MR) is 93.5 cm³/mol. The third kappa shape index (κ3) is 2.68.